The minimum atomic E-state index is -0.351. The lowest BCUT2D eigenvalue weighted by molar-refractivity contribution is 0.0746. The summed E-state index contributed by atoms with van der Waals surface area (Å²) in [4.78, 5) is 18.0. The van der Waals surface area contributed by atoms with Crippen LogP contribution in [0.2, 0.25) is 0 Å². The van der Waals surface area contributed by atoms with Gasteiger partial charge in [-0.05, 0) is 56.3 Å². The minimum absolute atomic E-state index is 0.0560. The number of methoxy groups -OCH3 is 1. The molecule has 6 nitrogen and oxygen atoms in total. The molecule has 0 spiro atoms. The molecule has 0 saturated carbocycles. The van der Waals surface area contributed by atoms with Gasteiger partial charge >= 0.3 is 0 Å². The standard InChI is InChI=1S/C31H32FN3O3/c1-4-38-30-15-8-7-14-28(30)33-16-18-34(19-17-33)31(36)25-21-29(23-10-9-11-24(20-23)37-3)35(22(25)2)27-13-6-5-12-26(27)32/h5-15,20-21H,4,16-19H2,1-3H3. The quantitative estimate of drug-likeness (QED) is 0.306. The van der Waals surface area contributed by atoms with Crippen molar-refractivity contribution >= 4 is 11.6 Å². The van der Waals surface area contributed by atoms with Crippen LogP contribution in [-0.4, -0.2) is 55.3 Å². The van der Waals surface area contributed by atoms with E-state index >= 15 is 0 Å². The molecular formula is C31H32FN3O3. The predicted molar refractivity (Wildman–Crippen MR) is 148 cm³/mol. The molecule has 1 aliphatic heterocycles. The lowest BCUT2D eigenvalue weighted by atomic mass is 10.1. The van der Waals surface area contributed by atoms with E-state index in [9.17, 15) is 9.18 Å². The molecule has 1 aromatic heterocycles. The molecule has 7 heteroatoms. The minimum Gasteiger partial charge on any atom is -0.497 e. The van der Waals surface area contributed by atoms with Gasteiger partial charge in [0.2, 0.25) is 0 Å². The molecule has 0 N–H and O–H groups in total. The van der Waals surface area contributed by atoms with Crippen LogP contribution in [0, 0.1) is 12.7 Å². The van der Waals surface area contributed by atoms with E-state index in [1.54, 1.807) is 25.3 Å². The predicted octanol–water partition coefficient (Wildman–Crippen LogP) is 5.96. The van der Waals surface area contributed by atoms with Crippen molar-refractivity contribution in [3.8, 4) is 28.4 Å². The van der Waals surface area contributed by atoms with Crippen molar-refractivity contribution in [3.63, 3.8) is 0 Å². The van der Waals surface area contributed by atoms with E-state index in [1.165, 1.54) is 6.07 Å². The third kappa shape index (κ3) is 4.84. The molecule has 1 saturated heterocycles. The second-order valence-electron chi connectivity index (χ2n) is 9.23. The number of benzene rings is 3. The number of para-hydroxylation sites is 3. The Morgan fingerprint density at radius 3 is 2.32 bits per heavy atom. The maximum Gasteiger partial charge on any atom is 0.255 e. The molecule has 2 heterocycles. The fraction of sp³-hybridized carbons (Fsp3) is 0.258. The van der Waals surface area contributed by atoms with Crippen molar-refractivity contribution in [2.24, 2.45) is 0 Å². The highest BCUT2D eigenvalue weighted by molar-refractivity contribution is 5.97. The fourth-order valence-corrected chi connectivity index (χ4v) is 5.08. The SMILES string of the molecule is CCOc1ccccc1N1CCN(C(=O)c2cc(-c3cccc(OC)c3)n(-c3ccccc3F)c2C)CC1. The summed E-state index contributed by atoms with van der Waals surface area (Å²) in [6.45, 7) is 7.01. The van der Waals surface area contributed by atoms with Crippen LogP contribution < -0.4 is 14.4 Å². The van der Waals surface area contributed by atoms with Gasteiger partial charge in [-0.2, -0.15) is 0 Å². The van der Waals surface area contributed by atoms with Gasteiger partial charge in [0, 0.05) is 37.4 Å². The third-order valence-electron chi connectivity index (χ3n) is 7.01. The first-order valence-corrected chi connectivity index (χ1v) is 12.9. The summed E-state index contributed by atoms with van der Waals surface area (Å²) in [5, 5.41) is 0. The van der Waals surface area contributed by atoms with Crippen LogP contribution >= 0.6 is 0 Å². The molecule has 0 radical (unpaired) electrons. The number of nitrogens with zero attached hydrogens (tertiary/aromatic N) is 3. The van der Waals surface area contributed by atoms with E-state index < -0.39 is 0 Å². The molecule has 1 fully saturated rings. The Labute approximate surface area is 222 Å². The normalized spacial score (nSPS) is 13.5. The molecule has 196 valence electrons. The van der Waals surface area contributed by atoms with Crippen molar-refractivity contribution < 1.29 is 18.7 Å². The second kappa shape index (κ2) is 11.0. The number of ether oxygens (including phenoxy) is 2. The molecule has 38 heavy (non-hydrogen) atoms. The molecule has 1 aliphatic rings. The number of piperazine rings is 1. The first kappa shape index (κ1) is 25.4. The van der Waals surface area contributed by atoms with Crippen LogP contribution in [0.25, 0.3) is 16.9 Å². The molecule has 0 bridgehead atoms. The highest BCUT2D eigenvalue weighted by Crippen LogP contribution is 2.34. The van der Waals surface area contributed by atoms with Crippen molar-refractivity contribution in [1.82, 2.24) is 9.47 Å². The van der Waals surface area contributed by atoms with E-state index in [0.717, 1.165) is 22.7 Å². The number of anilines is 1. The Kier molecular flexibility index (Phi) is 7.36. The molecular weight excluding hydrogens is 481 g/mol. The number of hydrogen-bond donors (Lipinski definition) is 0. The number of hydrogen-bond acceptors (Lipinski definition) is 4. The van der Waals surface area contributed by atoms with Gasteiger partial charge in [-0.25, -0.2) is 4.39 Å². The van der Waals surface area contributed by atoms with E-state index in [2.05, 4.69) is 11.0 Å². The van der Waals surface area contributed by atoms with Gasteiger partial charge in [-0.3, -0.25) is 4.79 Å². The van der Waals surface area contributed by atoms with Gasteiger partial charge in [0.15, 0.2) is 0 Å². The summed E-state index contributed by atoms with van der Waals surface area (Å²) in [7, 11) is 1.61. The average molecular weight is 514 g/mol. The molecule has 5 rings (SSSR count). The number of amides is 1. The topological polar surface area (TPSA) is 46.9 Å². The Morgan fingerprint density at radius 1 is 0.895 bits per heavy atom. The molecule has 4 aromatic rings. The molecule has 0 unspecified atom stereocenters. The number of carbonyl (C=O) groups excluding carboxylic acids is 1. The molecule has 3 aromatic carbocycles. The van der Waals surface area contributed by atoms with Crippen LogP contribution in [0.4, 0.5) is 10.1 Å². The number of aromatic nitrogens is 1. The second-order valence-corrected chi connectivity index (χ2v) is 9.23. The van der Waals surface area contributed by atoms with E-state index in [4.69, 9.17) is 9.47 Å². The first-order valence-electron chi connectivity index (χ1n) is 12.9. The van der Waals surface area contributed by atoms with Gasteiger partial charge in [-0.1, -0.05) is 36.4 Å². The highest BCUT2D eigenvalue weighted by Gasteiger charge is 2.28. The number of carbonyl (C=O) groups is 1. The molecule has 1 amide bonds. The van der Waals surface area contributed by atoms with Crippen molar-refractivity contribution in [1.29, 1.82) is 0 Å². The van der Waals surface area contributed by atoms with Gasteiger partial charge in [0.1, 0.15) is 17.3 Å². The van der Waals surface area contributed by atoms with Gasteiger partial charge in [0.05, 0.1) is 36.3 Å². The zero-order valence-electron chi connectivity index (χ0n) is 22.0. The Morgan fingerprint density at radius 2 is 1.61 bits per heavy atom. The Hall–Kier alpha value is -4.26. The van der Waals surface area contributed by atoms with Gasteiger partial charge < -0.3 is 23.8 Å². The first-order chi connectivity index (χ1) is 18.5. The lowest BCUT2D eigenvalue weighted by Gasteiger charge is -2.36. The van der Waals surface area contributed by atoms with E-state index in [-0.39, 0.29) is 11.7 Å². The Bertz CT molecular complexity index is 1440. The van der Waals surface area contributed by atoms with E-state index in [0.29, 0.717) is 55.5 Å². The van der Waals surface area contributed by atoms with Crippen LogP contribution in [-0.2, 0) is 0 Å². The summed E-state index contributed by atoms with van der Waals surface area (Å²) >= 11 is 0. The van der Waals surface area contributed by atoms with Gasteiger partial charge in [0.25, 0.3) is 5.91 Å². The molecule has 0 aliphatic carbocycles. The summed E-state index contributed by atoms with van der Waals surface area (Å²) in [6, 6.07) is 24.1. The van der Waals surface area contributed by atoms with Crippen LogP contribution in [0.5, 0.6) is 11.5 Å². The van der Waals surface area contributed by atoms with Crippen molar-refractivity contribution in [3.05, 3.63) is 95.9 Å². The average Bonchev–Trinajstić information content (AvgIpc) is 3.30. The van der Waals surface area contributed by atoms with Crippen LogP contribution in [0.15, 0.2) is 78.9 Å². The third-order valence-corrected chi connectivity index (χ3v) is 7.01. The van der Waals surface area contributed by atoms with Gasteiger partial charge in [-0.15, -0.1) is 0 Å². The highest BCUT2D eigenvalue weighted by atomic mass is 19.1. The summed E-state index contributed by atoms with van der Waals surface area (Å²) in [5.41, 5.74) is 4.28. The van der Waals surface area contributed by atoms with Crippen molar-refractivity contribution in [2.75, 3.05) is 44.8 Å². The van der Waals surface area contributed by atoms with E-state index in [1.807, 2.05) is 71.8 Å². The largest absolute Gasteiger partial charge is 0.497 e. The zero-order chi connectivity index (χ0) is 26.6. The van der Waals surface area contributed by atoms with Crippen LogP contribution in [0.1, 0.15) is 23.0 Å². The Balaban J connectivity index is 1.46. The maximum absolute atomic E-state index is 15.0. The molecule has 0 atom stereocenters. The zero-order valence-corrected chi connectivity index (χ0v) is 22.0. The number of rotatable bonds is 7. The van der Waals surface area contributed by atoms with Crippen molar-refractivity contribution in [2.45, 2.75) is 13.8 Å². The number of halogens is 1. The summed E-state index contributed by atoms with van der Waals surface area (Å²) in [5.74, 6) is 1.14. The monoisotopic (exact) mass is 513 g/mol. The van der Waals surface area contributed by atoms with Crippen LogP contribution in [0.3, 0.4) is 0 Å². The smallest absolute Gasteiger partial charge is 0.255 e. The maximum atomic E-state index is 15.0. The summed E-state index contributed by atoms with van der Waals surface area (Å²) < 4.78 is 28.1. The fourth-order valence-electron chi connectivity index (χ4n) is 5.08. The lowest BCUT2D eigenvalue weighted by Crippen LogP contribution is -2.49. The summed E-state index contributed by atoms with van der Waals surface area (Å²) in [6.07, 6.45) is 0.